The van der Waals surface area contributed by atoms with E-state index in [1.54, 1.807) is 7.11 Å². The van der Waals surface area contributed by atoms with Gasteiger partial charge >= 0.3 is 0 Å². The second-order valence-corrected chi connectivity index (χ2v) is 5.51. The molecule has 0 heterocycles. The first-order chi connectivity index (χ1) is 9.20. The van der Waals surface area contributed by atoms with Gasteiger partial charge in [0.25, 0.3) is 0 Å². The molecule has 0 bridgehead atoms. The van der Waals surface area contributed by atoms with Gasteiger partial charge in [0.1, 0.15) is 5.75 Å². The highest BCUT2D eigenvalue weighted by atomic mass is 16.5. The summed E-state index contributed by atoms with van der Waals surface area (Å²) in [5, 5.41) is 0. The van der Waals surface area contributed by atoms with Gasteiger partial charge in [-0.05, 0) is 37.0 Å². The molecule has 106 valence electrons. The molecule has 1 aromatic carbocycles. The second kappa shape index (κ2) is 6.92. The highest BCUT2D eigenvalue weighted by Crippen LogP contribution is 2.30. The Balaban J connectivity index is 1.93. The van der Waals surface area contributed by atoms with Crippen LogP contribution < -0.4 is 10.5 Å². The lowest BCUT2D eigenvalue weighted by Gasteiger charge is -2.27. The van der Waals surface area contributed by atoms with E-state index in [9.17, 15) is 0 Å². The predicted octanol–water partition coefficient (Wildman–Crippen LogP) is 3.29. The molecule has 3 nitrogen and oxygen atoms in total. The second-order valence-electron chi connectivity index (χ2n) is 5.51. The molecule has 2 atom stereocenters. The molecule has 1 aromatic rings. The number of rotatable bonds is 7. The molecule has 1 aliphatic rings. The fraction of sp³-hybridized carbons (Fsp3) is 0.625. The summed E-state index contributed by atoms with van der Waals surface area (Å²) in [5.74, 6) is 1.73. The molecule has 3 heteroatoms. The summed E-state index contributed by atoms with van der Waals surface area (Å²) in [6.07, 6.45) is 5.23. The zero-order valence-corrected chi connectivity index (χ0v) is 12.0. The summed E-state index contributed by atoms with van der Waals surface area (Å²) in [7, 11) is 1.68. The quantitative estimate of drug-likeness (QED) is 0.821. The first kappa shape index (κ1) is 14.4. The van der Waals surface area contributed by atoms with Gasteiger partial charge in [-0.15, -0.1) is 0 Å². The first-order valence-corrected chi connectivity index (χ1v) is 7.22. The van der Waals surface area contributed by atoms with Gasteiger partial charge in [-0.1, -0.05) is 31.4 Å². The van der Waals surface area contributed by atoms with E-state index in [-0.39, 0.29) is 12.1 Å². The van der Waals surface area contributed by atoms with Gasteiger partial charge in [0.15, 0.2) is 0 Å². The summed E-state index contributed by atoms with van der Waals surface area (Å²) in [6, 6.07) is 7.97. The summed E-state index contributed by atoms with van der Waals surface area (Å²) in [5.41, 5.74) is 7.16. The molecule has 0 radical (unpaired) electrons. The molecule has 0 spiro atoms. The molecule has 2 rings (SSSR count). The van der Waals surface area contributed by atoms with Crippen LogP contribution >= 0.6 is 0 Å². The third-order valence-electron chi connectivity index (χ3n) is 3.95. The minimum Gasteiger partial charge on any atom is -0.497 e. The van der Waals surface area contributed by atoms with Crippen molar-refractivity contribution >= 4 is 0 Å². The fourth-order valence-corrected chi connectivity index (χ4v) is 2.51. The lowest BCUT2D eigenvalue weighted by molar-refractivity contribution is 0.0244. The van der Waals surface area contributed by atoms with Crippen molar-refractivity contribution in [2.45, 2.75) is 44.8 Å². The van der Waals surface area contributed by atoms with Gasteiger partial charge in [0.05, 0.1) is 13.2 Å². The maximum absolute atomic E-state index is 6.06. The van der Waals surface area contributed by atoms with Crippen molar-refractivity contribution < 1.29 is 9.47 Å². The van der Waals surface area contributed by atoms with Crippen molar-refractivity contribution in [3.63, 3.8) is 0 Å². The Morgan fingerprint density at radius 1 is 1.37 bits per heavy atom. The SMILES string of the molecule is COc1cccc(C(OCCC2CCC2)C(C)N)c1. The first-order valence-electron chi connectivity index (χ1n) is 7.22. The summed E-state index contributed by atoms with van der Waals surface area (Å²) in [4.78, 5) is 0. The Bertz CT molecular complexity index is 388. The van der Waals surface area contributed by atoms with Crippen molar-refractivity contribution in [3.05, 3.63) is 29.8 Å². The van der Waals surface area contributed by atoms with Crippen LogP contribution in [0.4, 0.5) is 0 Å². The van der Waals surface area contributed by atoms with Gasteiger partial charge in [-0.3, -0.25) is 0 Å². The Morgan fingerprint density at radius 3 is 2.74 bits per heavy atom. The van der Waals surface area contributed by atoms with Crippen LogP contribution in [0.2, 0.25) is 0 Å². The number of nitrogens with two attached hydrogens (primary N) is 1. The van der Waals surface area contributed by atoms with Crippen LogP contribution in [0.25, 0.3) is 0 Å². The molecule has 0 aromatic heterocycles. The molecular formula is C16H25NO2. The smallest absolute Gasteiger partial charge is 0.119 e. The van der Waals surface area contributed by atoms with E-state index in [1.807, 2.05) is 25.1 Å². The molecule has 0 amide bonds. The van der Waals surface area contributed by atoms with Crippen molar-refractivity contribution in [1.29, 1.82) is 0 Å². The number of hydrogen-bond donors (Lipinski definition) is 1. The van der Waals surface area contributed by atoms with Crippen molar-refractivity contribution in [2.24, 2.45) is 11.7 Å². The molecule has 2 unspecified atom stereocenters. The van der Waals surface area contributed by atoms with E-state index in [1.165, 1.54) is 19.3 Å². The van der Waals surface area contributed by atoms with Crippen LogP contribution in [0, 0.1) is 5.92 Å². The number of benzene rings is 1. The Hall–Kier alpha value is -1.06. The molecule has 1 fully saturated rings. The van der Waals surface area contributed by atoms with E-state index < -0.39 is 0 Å². The minimum atomic E-state index is -0.0461. The van der Waals surface area contributed by atoms with Crippen LogP contribution in [0.1, 0.15) is 44.3 Å². The zero-order chi connectivity index (χ0) is 13.7. The van der Waals surface area contributed by atoms with Crippen molar-refractivity contribution in [2.75, 3.05) is 13.7 Å². The molecule has 1 aliphatic carbocycles. The molecule has 0 aliphatic heterocycles. The summed E-state index contributed by atoms with van der Waals surface area (Å²) < 4.78 is 11.3. The van der Waals surface area contributed by atoms with Gasteiger partial charge in [0.2, 0.25) is 0 Å². The van der Waals surface area contributed by atoms with Gasteiger partial charge in [0, 0.05) is 12.6 Å². The Kier molecular flexibility index (Phi) is 5.23. The van der Waals surface area contributed by atoms with E-state index in [2.05, 4.69) is 6.07 Å². The molecule has 1 saturated carbocycles. The van der Waals surface area contributed by atoms with Gasteiger partial charge in [-0.2, -0.15) is 0 Å². The van der Waals surface area contributed by atoms with E-state index >= 15 is 0 Å². The van der Waals surface area contributed by atoms with Crippen LogP contribution in [0.5, 0.6) is 5.75 Å². The lowest BCUT2D eigenvalue weighted by Crippen LogP contribution is -2.28. The van der Waals surface area contributed by atoms with Crippen molar-refractivity contribution in [3.8, 4) is 5.75 Å². The predicted molar refractivity (Wildman–Crippen MR) is 77.3 cm³/mol. The summed E-state index contributed by atoms with van der Waals surface area (Å²) >= 11 is 0. The largest absolute Gasteiger partial charge is 0.497 e. The maximum atomic E-state index is 6.06. The number of hydrogen-bond acceptors (Lipinski definition) is 3. The topological polar surface area (TPSA) is 44.5 Å². The number of methoxy groups -OCH3 is 1. The average molecular weight is 263 g/mol. The zero-order valence-electron chi connectivity index (χ0n) is 12.0. The van der Waals surface area contributed by atoms with E-state index in [0.29, 0.717) is 0 Å². The lowest BCUT2D eigenvalue weighted by atomic mass is 9.83. The number of ether oxygens (including phenoxy) is 2. The molecule has 2 N–H and O–H groups in total. The molecule has 0 saturated heterocycles. The third kappa shape index (κ3) is 3.95. The maximum Gasteiger partial charge on any atom is 0.119 e. The van der Waals surface area contributed by atoms with E-state index in [0.717, 1.165) is 30.3 Å². The standard InChI is InChI=1S/C16H25NO2/c1-12(17)16(19-10-9-13-5-3-6-13)14-7-4-8-15(11-14)18-2/h4,7-8,11-13,16H,3,5-6,9-10,17H2,1-2H3. The monoisotopic (exact) mass is 263 g/mol. The van der Waals surface area contributed by atoms with Crippen LogP contribution in [-0.2, 0) is 4.74 Å². The minimum absolute atomic E-state index is 0.0199. The third-order valence-corrected chi connectivity index (χ3v) is 3.95. The fourth-order valence-electron chi connectivity index (χ4n) is 2.51. The average Bonchev–Trinajstić information content (AvgIpc) is 2.36. The van der Waals surface area contributed by atoms with Crippen LogP contribution in [0.3, 0.4) is 0 Å². The summed E-state index contributed by atoms with van der Waals surface area (Å²) in [6.45, 7) is 2.79. The highest BCUT2D eigenvalue weighted by molar-refractivity contribution is 5.30. The molecular weight excluding hydrogens is 238 g/mol. The normalized spacial score (nSPS) is 18.7. The van der Waals surface area contributed by atoms with Crippen molar-refractivity contribution in [1.82, 2.24) is 0 Å². The van der Waals surface area contributed by atoms with Crippen LogP contribution in [0.15, 0.2) is 24.3 Å². The van der Waals surface area contributed by atoms with Gasteiger partial charge in [-0.25, -0.2) is 0 Å². The van der Waals surface area contributed by atoms with E-state index in [4.69, 9.17) is 15.2 Å². The highest BCUT2D eigenvalue weighted by Gasteiger charge is 2.20. The Labute approximate surface area is 116 Å². The Morgan fingerprint density at radius 2 is 2.16 bits per heavy atom. The van der Waals surface area contributed by atoms with Gasteiger partial charge < -0.3 is 15.2 Å². The molecule has 19 heavy (non-hydrogen) atoms. The van der Waals surface area contributed by atoms with Crippen LogP contribution in [-0.4, -0.2) is 19.8 Å².